The first-order chi connectivity index (χ1) is 12.0. The van der Waals surface area contributed by atoms with Crippen LogP contribution in [0.3, 0.4) is 0 Å². The van der Waals surface area contributed by atoms with Crippen molar-refractivity contribution in [2.24, 2.45) is 0 Å². The summed E-state index contributed by atoms with van der Waals surface area (Å²) >= 11 is 0. The van der Waals surface area contributed by atoms with Crippen LogP contribution in [0.1, 0.15) is 19.1 Å². The Morgan fingerprint density at radius 2 is 1.84 bits per heavy atom. The Kier molecular flexibility index (Phi) is 3.72. The molecule has 0 spiro atoms. The summed E-state index contributed by atoms with van der Waals surface area (Å²) in [6, 6.07) is 0. The summed E-state index contributed by atoms with van der Waals surface area (Å²) < 4.78 is 6.83. The van der Waals surface area contributed by atoms with Gasteiger partial charge in [0.2, 0.25) is 11.8 Å². The quantitative estimate of drug-likeness (QED) is 0.539. The number of aliphatic hydroxyl groups is 3. The number of carbonyl (C=O) groups is 2. The van der Waals surface area contributed by atoms with Gasteiger partial charge in [0.05, 0.1) is 12.9 Å². The summed E-state index contributed by atoms with van der Waals surface area (Å²) in [5.41, 5.74) is 0.427. The smallest absolute Gasteiger partial charge is 0.235 e. The second-order valence-corrected chi connectivity index (χ2v) is 5.87. The fraction of sp³-hybridized carbons (Fsp3) is 0.500. The minimum Gasteiger partial charge on any atom is -0.394 e. The summed E-state index contributed by atoms with van der Waals surface area (Å²) in [7, 11) is 0. The summed E-state index contributed by atoms with van der Waals surface area (Å²) in [5.74, 6) is -0.664. The van der Waals surface area contributed by atoms with Crippen LogP contribution in [0.4, 0.5) is 5.82 Å². The van der Waals surface area contributed by atoms with E-state index in [9.17, 15) is 24.9 Å². The van der Waals surface area contributed by atoms with Crippen molar-refractivity contribution in [3.8, 4) is 0 Å². The van der Waals surface area contributed by atoms with E-state index in [1.165, 1.54) is 17.2 Å². The van der Waals surface area contributed by atoms with Gasteiger partial charge < -0.3 is 20.1 Å². The van der Waals surface area contributed by atoms with E-state index in [2.05, 4.69) is 15.0 Å². The van der Waals surface area contributed by atoms with E-state index < -0.39 is 31.1 Å². The topological polar surface area (TPSA) is 151 Å². The number of amides is 2. The molecule has 2 aromatic rings. The maximum Gasteiger partial charge on any atom is 0.235 e. The summed E-state index contributed by atoms with van der Waals surface area (Å²) in [6.07, 6.45) is -1.83. The number of hydrogen-bond donors (Lipinski definition) is 3. The molecule has 11 nitrogen and oxygen atoms in total. The van der Waals surface area contributed by atoms with Crippen LogP contribution in [0.5, 0.6) is 0 Å². The van der Waals surface area contributed by atoms with Crippen LogP contribution in [0.2, 0.25) is 0 Å². The van der Waals surface area contributed by atoms with E-state index in [-0.39, 0.29) is 41.6 Å². The second-order valence-electron chi connectivity index (χ2n) is 5.87. The average molecular weight is 349 g/mol. The molecule has 2 amide bonds. The summed E-state index contributed by atoms with van der Waals surface area (Å²) in [6.45, 7) is -0.460. The molecule has 4 heterocycles. The molecule has 25 heavy (non-hydrogen) atoms. The SMILES string of the molecule is O=C1CCC(=O)N1c1ncnc2c1ncn2C1OC(CO)C(O)C1O. The average Bonchev–Trinajstić information content (AvgIpc) is 3.26. The number of carbonyl (C=O) groups excluding carboxylic acids is 2. The van der Waals surface area contributed by atoms with E-state index in [1.54, 1.807) is 0 Å². The molecule has 4 atom stereocenters. The molecule has 4 rings (SSSR count). The van der Waals surface area contributed by atoms with Crippen LogP contribution in [-0.2, 0) is 14.3 Å². The Labute approximate surface area is 140 Å². The number of imidazole rings is 1. The van der Waals surface area contributed by atoms with Crippen molar-refractivity contribution in [3.05, 3.63) is 12.7 Å². The zero-order chi connectivity index (χ0) is 17.7. The van der Waals surface area contributed by atoms with Gasteiger partial charge in [-0.1, -0.05) is 0 Å². The van der Waals surface area contributed by atoms with Crippen LogP contribution in [0.25, 0.3) is 11.2 Å². The van der Waals surface area contributed by atoms with Gasteiger partial charge >= 0.3 is 0 Å². The second kappa shape index (κ2) is 5.81. The van der Waals surface area contributed by atoms with Gasteiger partial charge in [0.25, 0.3) is 0 Å². The van der Waals surface area contributed by atoms with Gasteiger partial charge in [-0.3, -0.25) is 14.2 Å². The predicted molar refractivity (Wildman–Crippen MR) is 80.1 cm³/mol. The lowest BCUT2D eigenvalue weighted by Crippen LogP contribution is -2.33. The molecule has 2 saturated heterocycles. The summed E-state index contributed by atoms with van der Waals surface area (Å²) in [5, 5.41) is 29.3. The molecule has 2 aromatic heterocycles. The number of ether oxygens (including phenoxy) is 1. The number of rotatable bonds is 3. The van der Waals surface area contributed by atoms with Crippen molar-refractivity contribution in [2.45, 2.75) is 37.4 Å². The first-order valence-electron chi connectivity index (χ1n) is 7.68. The minimum absolute atomic E-state index is 0.0722. The fourth-order valence-corrected chi connectivity index (χ4v) is 3.11. The highest BCUT2D eigenvalue weighted by atomic mass is 16.6. The van der Waals surface area contributed by atoms with Gasteiger partial charge in [-0.05, 0) is 0 Å². The molecule has 0 bridgehead atoms. The van der Waals surface area contributed by atoms with Gasteiger partial charge in [0.1, 0.15) is 24.6 Å². The van der Waals surface area contributed by atoms with Crippen molar-refractivity contribution >= 4 is 28.8 Å². The molecule has 0 radical (unpaired) electrons. The molecule has 0 aromatic carbocycles. The third-order valence-corrected chi connectivity index (χ3v) is 4.39. The van der Waals surface area contributed by atoms with E-state index >= 15 is 0 Å². The van der Waals surface area contributed by atoms with Crippen LogP contribution in [-0.4, -0.2) is 71.6 Å². The number of imide groups is 1. The molecular weight excluding hydrogens is 334 g/mol. The molecule has 2 fully saturated rings. The number of hydrogen-bond acceptors (Lipinski definition) is 9. The monoisotopic (exact) mass is 349 g/mol. The molecule has 132 valence electrons. The molecule has 0 aliphatic carbocycles. The fourth-order valence-electron chi connectivity index (χ4n) is 3.11. The largest absolute Gasteiger partial charge is 0.394 e. The van der Waals surface area contributed by atoms with Crippen LogP contribution in [0, 0.1) is 0 Å². The number of fused-ring (bicyclic) bond motifs is 1. The number of anilines is 1. The highest BCUT2D eigenvalue weighted by molar-refractivity contribution is 6.21. The number of aromatic nitrogens is 4. The lowest BCUT2D eigenvalue weighted by molar-refractivity contribution is -0.121. The Morgan fingerprint density at radius 1 is 1.12 bits per heavy atom. The van der Waals surface area contributed by atoms with E-state index in [4.69, 9.17) is 4.74 Å². The third kappa shape index (κ3) is 2.32. The normalized spacial score (nSPS) is 30.0. The zero-order valence-corrected chi connectivity index (χ0v) is 12.9. The van der Waals surface area contributed by atoms with Crippen molar-refractivity contribution < 1.29 is 29.6 Å². The van der Waals surface area contributed by atoms with Crippen molar-refractivity contribution in [1.82, 2.24) is 19.5 Å². The minimum atomic E-state index is -1.30. The molecular formula is C14H15N5O6. The van der Waals surface area contributed by atoms with Gasteiger partial charge in [0, 0.05) is 12.8 Å². The number of nitrogens with zero attached hydrogens (tertiary/aromatic N) is 5. The van der Waals surface area contributed by atoms with Gasteiger partial charge in [0.15, 0.2) is 23.2 Å². The Hall–Kier alpha value is -2.47. The van der Waals surface area contributed by atoms with Crippen LogP contribution < -0.4 is 4.90 Å². The molecule has 11 heteroatoms. The number of aliphatic hydroxyl groups excluding tert-OH is 3. The first-order valence-corrected chi connectivity index (χ1v) is 7.68. The van der Waals surface area contributed by atoms with Crippen LogP contribution >= 0.6 is 0 Å². The maximum atomic E-state index is 12.0. The third-order valence-electron chi connectivity index (χ3n) is 4.39. The lowest BCUT2D eigenvalue weighted by atomic mass is 10.1. The summed E-state index contributed by atoms with van der Waals surface area (Å²) in [4.78, 5) is 37.1. The van der Waals surface area contributed by atoms with E-state index in [0.717, 1.165) is 4.90 Å². The highest BCUT2D eigenvalue weighted by Crippen LogP contribution is 2.33. The molecule has 2 aliphatic rings. The van der Waals surface area contributed by atoms with Crippen LogP contribution in [0.15, 0.2) is 12.7 Å². The van der Waals surface area contributed by atoms with Crippen molar-refractivity contribution in [1.29, 1.82) is 0 Å². The Morgan fingerprint density at radius 3 is 2.48 bits per heavy atom. The van der Waals surface area contributed by atoms with Crippen molar-refractivity contribution in [3.63, 3.8) is 0 Å². The molecule has 4 unspecified atom stereocenters. The standard InChI is InChI=1S/C14H15N5O6/c20-3-6-10(23)11(24)14(25-6)18-5-17-9-12(18)15-4-16-13(9)19-7(21)1-2-8(19)22/h4-6,10-11,14,20,23-24H,1-3H2. The van der Waals surface area contributed by atoms with Gasteiger partial charge in [-0.15, -0.1) is 0 Å². The maximum absolute atomic E-state index is 12.0. The van der Waals surface area contributed by atoms with Gasteiger partial charge in [-0.2, -0.15) is 0 Å². The van der Waals surface area contributed by atoms with E-state index in [1.807, 2.05) is 0 Å². The zero-order valence-electron chi connectivity index (χ0n) is 12.9. The Balaban J connectivity index is 1.78. The highest BCUT2D eigenvalue weighted by Gasteiger charge is 2.44. The van der Waals surface area contributed by atoms with Crippen molar-refractivity contribution in [2.75, 3.05) is 11.5 Å². The molecule has 0 saturated carbocycles. The molecule has 3 N–H and O–H groups in total. The van der Waals surface area contributed by atoms with E-state index in [0.29, 0.717) is 0 Å². The predicted octanol–water partition coefficient (Wildman–Crippen LogP) is -1.91. The first kappa shape index (κ1) is 16.0. The lowest BCUT2D eigenvalue weighted by Gasteiger charge is -2.17. The molecule has 2 aliphatic heterocycles. The Bertz CT molecular complexity index is 837. The van der Waals surface area contributed by atoms with Gasteiger partial charge in [-0.25, -0.2) is 19.9 Å².